The first-order chi connectivity index (χ1) is 9.02. The van der Waals surface area contributed by atoms with E-state index in [0.29, 0.717) is 6.61 Å². The average Bonchev–Trinajstić information content (AvgIpc) is 2.38. The summed E-state index contributed by atoms with van der Waals surface area (Å²) < 4.78 is 11.0. The van der Waals surface area contributed by atoms with E-state index in [2.05, 4.69) is 26.0 Å². The Morgan fingerprint density at radius 3 is 2.47 bits per heavy atom. The van der Waals surface area contributed by atoms with Crippen molar-refractivity contribution in [3.63, 3.8) is 0 Å². The smallest absolute Gasteiger partial charge is 0.330 e. The van der Waals surface area contributed by atoms with Gasteiger partial charge in [-0.25, -0.2) is 4.79 Å². The van der Waals surface area contributed by atoms with E-state index in [1.807, 2.05) is 24.3 Å². The summed E-state index contributed by atoms with van der Waals surface area (Å²) in [4.78, 5) is 22.4. The highest BCUT2D eigenvalue weighted by molar-refractivity contribution is 9.10. The molecule has 1 N–H and O–H groups in total. The summed E-state index contributed by atoms with van der Waals surface area (Å²) in [6.07, 6.45) is 0. The summed E-state index contributed by atoms with van der Waals surface area (Å²) in [6, 6.07) is 6.86. The van der Waals surface area contributed by atoms with Crippen LogP contribution in [0, 0.1) is 0 Å². The molecule has 0 aliphatic rings. The fourth-order valence-electron chi connectivity index (χ4n) is 1.43. The molecule has 1 atom stereocenters. The Labute approximate surface area is 120 Å². The van der Waals surface area contributed by atoms with Crippen molar-refractivity contribution >= 4 is 27.8 Å². The van der Waals surface area contributed by atoms with Crippen LogP contribution < -0.4 is 5.32 Å². The maximum Gasteiger partial charge on any atom is 0.330 e. The van der Waals surface area contributed by atoms with E-state index in [9.17, 15) is 9.59 Å². The minimum Gasteiger partial charge on any atom is -0.467 e. The molecule has 0 spiro atoms. The van der Waals surface area contributed by atoms with E-state index in [4.69, 9.17) is 4.74 Å². The summed E-state index contributed by atoms with van der Waals surface area (Å²) in [6.45, 7) is 1.77. The number of amides is 1. The van der Waals surface area contributed by atoms with Gasteiger partial charge in [0.25, 0.3) is 0 Å². The van der Waals surface area contributed by atoms with Gasteiger partial charge in [0.1, 0.15) is 0 Å². The highest BCUT2D eigenvalue weighted by atomic mass is 79.9. The second kappa shape index (κ2) is 7.91. The predicted molar refractivity (Wildman–Crippen MR) is 73.4 cm³/mol. The Hall–Kier alpha value is -1.40. The molecule has 0 saturated heterocycles. The largest absolute Gasteiger partial charge is 0.467 e. The molecule has 0 bridgehead atoms. The summed E-state index contributed by atoms with van der Waals surface area (Å²) in [5.74, 6) is -0.825. The molecule has 19 heavy (non-hydrogen) atoms. The molecule has 0 heterocycles. The maximum atomic E-state index is 11.4. The molecule has 1 rings (SSSR count). The molecule has 0 saturated carbocycles. The van der Waals surface area contributed by atoms with Crippen LogP contribution in [-0.4, -0.2) is 31.6 Å². The monoisotopic (exact) mass is 329 g/mol. The van der Waals surface area contributed by atoms with Crippen molar-refractivity contribution in [3.05, 3.63) is 34.3 Å². The van der Waals surface area contributed by atoms with Gasteiger partial charge in [-0.3, -0.25) is 4.79 Å². The van der Waals surface area contributed by atoms with Gasteiger partial charge in [-0.1, -0.05) is 28.1 Å². The molecule has 1 aromatic rings. The predicted octanol–water partition coefficient (Wildman–Crippen LogP) is 1.64. The van der Waals surface area contributed by atoms with Crippen LogP contribution in [0.5, 0.6) is 0 Å². The lowest BCUT2D eigenvalue weighted by Crippen LogP contribution is -2.43. The van der Waals surface area contributed by atoms with Gasteiger partial charge in [0.15, 0.2) is 6.04 Å². The number of nitrogens with one attached hydrogen (secondary N) is 1. The van der Waals surface area contributed by atoms with Gasteiger partial charge in [0.2, 0.25) is 5.91 Å². The zero-order chi connectivity index (χ0) is 14.3. The Kier molecular flexibility index (Phi) is 6.52. The van der Waals surface area contributed by atoms with Gasteiger partial charge in [-0.05, 0) is 17.7 Å². The number of esters is 1. The second-order valence-corrected chi connectivity index (χ2v) is 4.83. The Morgan fingerprint density at radius 1 is 1.32 bits per heavy atom. The third-order valence-corrected chi connectivity index (χ3v) is 2.86. The fraction of sp³-hybridized carbons (Fsp3) is 0.385. The van der Waals surface area contributed by atoms with Crippen molar-refractivity contribution in [1.82, 2.24) is 5.32 Å². The highest BCUT2D eigenvalue weighted by Gasteiger charge is 2.20. The zero-order valence-electron chi connectivity index (χ0n) is 10.8. The Morgan fingerprint density at radius 2 is 1.95 bits per heavy atom. The van der Waals surface area contributed by atoms with Crippen LogP contribution >= 0.6 is 15.9 Å². The van der Waals surface area contributed by atoms with Gasteiger partial charge in [0.05, 0.1) is 20.3 Å². The van der Waals surface area contributed by atoms with Crippen molar-refractivity contribution in [1.29, 1.82) is 0 Å². The Bertz CT molecular complexity index is 433. The molecule has 6 heteroatoms. The number of ether oxygens (including phenoxy) is 2. The highest BCUT2D eigenvalue weighted by Crippen LogP contribution is 2.11. The van der Waals surface area contributed by atoms with Gasteiger partial charge in [-0.15, -0.1) is 0 Å². The zero-order valence-corrected chi connectivity index (χ0v) is 12.4. The Balaban J connectivity index is 2.45. The third-order valence-electron chi connectivity index (χ3n) is 2.33. The molecular weight excluding hydrogens is 314 g/mol. The molecule has 5 nitrogen and oxygen atoms in total. The third kappa shape index (κ3) is 5.85. The number of carbonyl (C=O) groups excluding carboxylic acids is 2. The fourth-order valence-corrected chi connectivity index (χ4v) is 1.70. The topological polar surface area (TPSA) is 64.6 Å². The molecule has 1 amide bonds. The number of rotatable bonds is 6. The average molecular weight is 330 g/mol. The number of benzene rings is 1. The van der Waals surface area contributed by atoms with Crippen LogP contribution in [0.1, 0.15) is 12.5 Å². The van der Waals surface area contributed by atoms with Gasteiger partial charge in [-0.2, -0.15) is 0 Å². The standard InChI is InChI=1S/C13H16BrNO4/c1-9(16)15-12(13(17)18-2)8-19-7-10-3-5-11(14)6-4-10/h3-6,12H,7-8H2,1-2H3,(H,15,16). The van der Waals surface area contributed by atoms with Gasteiger partial charge < -0.3 is 14.8 Å². The molecule has 1 aromatic carbocycles. The first-order valence-electron chi connectivity index (χ1n) is 5.70. The van der Waals surface area contributed by atoms with Crippen LogP contribution in [0.2, 0.25) is 0 Å². The summed E-state index contributed by atoms with van der Waals surface area (Å²) >= 11 is 3.34. The SMILES string of the molecule is COC(=O)C(COCc1ccc(Br)cc1)NC(C)=O. The molecule has 0 aliphatic carbocycles. The van der Waals surface area contributed by atoms with Crippen molar-refractivity contribution in [2.75, 3.05) is 13.7 Å². The molecule has 0 aromatic heterocycles. The van der Waals surface area contributed by atoms with E-state index in [1.165, 1.54) is 14.0 Å². The van der Waals surface area contributed by atoms with Gasteiger partial charge >= 0.3 is 5.97 Å². The number of carbonyl (C=O) groups is 2. The minimum atomic E-state index is -0.780. The van der Waals surface area contributed by atoms with Crippen LogP contribution in [-0.2, 0) is 25.7 Å². The normalized spacial score (nSPS) is 11.7. The van der Waals surface area contributed by atoms with E-state index >= 15 is 0 Å². The van der Waals surface area contributed by atoms with Crippen LogP contribution in [0.25, 0.3) is 0 Å². The van der Waals surface area contributed by atoms with Crippen molar-refractivity contribution in [3.8, 4) is 0 Å². The van der Waals surface area contributed by atoms with Crippen LogP contribution in [0.3, 0.4) is 0 Å². The van der Waals surface area contributed by atoms with Crippen LogP contribution in [0.15, 0.2) is 28.7 Å². The molecule has 0 aliphatic heterocycles. The quantitative estimate of drug-likeness (QED) is 0.806. The van der Waals surface area contributed by atoms with E-state index in [0.717, 1.165) is 10.0 Å². The number of methoxy groups -OCH3 is 1. The van der Waals surface area contributed by atoms with E-state index in [-0.39, 0.29) is 12.5 Å². The molecule has 0 radical (unpaired) electrons. The van der Waals surface area contributed by atoms with Crippen molar-refractivity contribution < 1.29 is 19.1 Å². The van der Waals surface area contributed by atoms with Crippen molar-refractivity contribution in [2.45, 2.75) is 19.6 Å². The first kappa shape index (κ1) is 15.7. The second-order valence-electron chi connectivity index (χ2n) is 3.92. The number of hydrogen-bond donors (Lipinski definition) is 1. The summed E-state index contributed by atoms with van der Waals surface area (Å²) in [5, 5.41) is 2.48. The lowest BCUT2D eigenvalue weighted by molar-refractivity contribution is -0.146. The summed E-state index contributed by atoms with van der Waals surface area (Å²) in [7, 11) is 1.27. The first-order valence-corrected chi connectivity index (χ1v) is 6.49. The number of hydrogen-bond acceptors (Lipinski definition) is 4. The van der Waals surface area contributed by atoms with E-state index in [1.54, 1.807) is 0 Å². The lowest BCUT2D eigenvalue weighted by Gasteiger charge is -2.15. The van der Waals surface area contributed by atoms with E-state index < -0.39 is 12.0 Å². The molecular formula is C13H16BrNO4. The maximum absolute atomic E-state index is 11.4. The minimum absolute atomic E-state index is 0.0717. The van der Waals surface area contributed by atoms with Crippen LogP contribution in [0.4, 0.5) is 0 Å². The molecule has 1 unspecified atom stereocenters. The molecule has 104 valence electrons. The lowest BCUT2D eigenvalue weighted by atomic mass is 10.2. The molecule has 0 fully saturated rings. The van der Waals surface area contributed by atoms with Gasteiger partial charge in [0, 0.05) is 11.4 Å². The summed E-state index contributed by atoms with van der Waals surface area (Å²) in [5.41, 5.74) is 0.981. The van der Waals surface area contributed by atoms with Crippen molar-refractivity contribution in [2.24, 2.45) is 0 Å². The number of halogens is 1.